The van der Waals surface area contributed by atoms with E-state index < -0.39 is 15.8 Å². The second kappa shape index (κ2) is 6.33. The molecule has 0 atom stereocenters. The summed E-state index contributed by atoms with van der Waals surface area (Å²) in [6, 6.07) is 6.79. The molecule has 1 aromatic heterocycles. The van der Waals surface area contributed by atoms with E-state index in [-0.39, 0.29) is 42.7 Å². The number of benzene rings is 1. The van der Waals surface area contributed by atoms with Crippen molar-refractivity contribution in [3.8, 4) is 0 Å². The van der Waals surface area contributed by atoms with Crippen LogP contribution >= 0.6 is 0 Å². The molecule has 0 saturated carbocycles. The Bertz CT molecular complexity index is 857. The molecular formula is C15H16FN3O4S. The van der Waals surface area contributed by atoms with Crippen molar-refractivity contribution in [3.63, 3.8) is 0 Å². The van der Waals surface area contributed by atoms with Crippen molar-refractivity contribution in [2.24, 2.45) is 0 Å². The van der Waals surface area contributed by atoms with E-state index in [0.29, 0.717) is 5.69 Å². The molecule has 1 saturated heterocycles. The van der Waals surface area contributed by atoms with Gasteiger partial charge in [-0.25, -0.2) is 12.8 Å². The second-order valence-electron chi connectivity index (χ2n) is 5.46. The van der Waals surface area contributed by atoms with Crippen LogP contribution in [0.2, 0.25) is 0 Å². The van der Waals surface area contributed by atoms with E-state index in [1.54, 1.807) is 6.92 Å². The lowest BCUT2D eigenvalue weighted by Crippen LogP contribution is -2.50. The third kappa shape index (κ3) is 3.04. The molecule has 128 valence electrons. The maximum absolute atomic E-state index is 13.8. The van der Waals surface area contributed by atoms with Crippen LogP contribution in [0.5, 0.6) is 0 Å². The number of nitrogens with zero attached hydrogens (tertiary/aromatic N) is 3. The molecular weight excluding hydrogens is 337 g/mol. The highest BCUT2D eigenvalue weighted by Crippen LogP contribution is 2.21. The van der Waals surface area contributed by atoms with Gasteiger partial charge < -0.3 is 9.42 Å². The Kier molecular flexibility index (Phi) is 4.37. The predicted octanol–water partition coefficient (Wildman–Crippen LogP) is 1.27. The second-order valence-corrected chi connectivity index (χ2v) is 7.37. The smallest absolute Gasteiger partial charge is 0.292 e. The topological polar surface area (TPSA) is 83.7 Å². The van der Waals surface area contributed by atoms with Gasteiger partial charge in [0.05, 0.1) is 5.69 Å². The third-order valence-corrected chi connectivity index (χ3v) is 5.75. The number of carbonyl (C=O) groups excluding carboxylic acids is 1. The van der Waals surface area contributed by atoms with Gasteiger partial charge >= 0.3 is 0 Å². The van der Waals surface area contributed by atoms with E-state index in [9.17, 15) is 17.6 Å². The number of hydrogen-bond acceptors (Lipinski definition) is 5. The monoisotopic (exact) mass is 353 g/mol. The van der Waals surface area contributed by atoms with Gasteiger partial charge in [-0.1, -0.05) is 17.3 Å². The van der Waals surface area contributed by atoms with Gasteiger partial charge in [0.15, 0.2) is 0 Å². The normalized spacial score (nSPS) is 16.3. The molecule has 1 aliphatic rings. The Labute approximate surface area is 138 Å². The average molecular weight is 353 g/mol. The highest BCUT2D eigenvalue weighted by molar-refractivity contribution is 7.89. The molecule has 0 aliphatic carbocycles. The molecule has 3 rings (SSSR count). The van der Waals surface area contributed by atoms with Crippen LogP contribution in [0.4, 0.5) is 4.39 Å². The summed E-state index contributed by atoms with van der Waals surface area (Å²) < 4.78 is 44.9. The Hall–Kier alpha value is -2.26. The van der Waals surface area contributed by atoms with Crippen molar-refractivity contribution in [2.75, 3.05) is 26.2 Å². The number of aryl methyl sites for hydroxylation is 1. The van der Waals surface area contributed by atoms with Crippen LogP contribution in [0, 0.1) is 12.7 Å². The van der Waals surface area contributed by atoms with Gasteiger partial charge in [0.2, 0.25) is 15.8 Å². The molecule has 24 heavy (non-hydrogen) atoms. The van der Waals surface area contributed by atoms with Crippen molar-refractivity contribution < 1.29 is 22.1 Å². The first kappa shape index (κ1) is 16.6. The van der Waals surface area contributed by atoms with Crippen molar-refractivity contribution in [3.05, 3.63) is 47.6 Å². The predicted molar refractivity (Wildman–Crippen MR) is 82.3 cm³/mol. The first-order valence-corrected chi connectivity index (χ1v) is 8.81. The van der Waals surface area contributed by atoms with Crippen LogP contribution in [0.1, 0.15) is 16.2 Å². The Morgan fingerprint density at radius 1 is 1.21 bits per heavy atom. The van der Waals surface area contributed by atoms with Gasteiger partial charge in [-0.2, -0.15) is 4.31 Å². The summed E-state index contributed by atoms with van der Waals surface area (Å²) in [5, 5.41) is 3.67. The lowest BCUT2D eigenvalue weighted by atomic mass is 10.3. The molecule has 9 heteroatoms. The van der Waals surface area contributed by atoms with E-state index in [4.69, 9.17) is 4.52 Å². The van der Waals surface area contributed by atoms with E-state index in [0.717, 1.165) is 6.07 Å². The standard InChI is InChI=1S/C15H16FN3O4S/c1-11-10-13(23-17-11)15(20)18-6-8-19(9-7-18)24(21,22)14-5-3-2-4-12(14)16/h2-5,10H,6-9H2,1H3. The zero-order chi connectivity index (χ0) is 17.3. The summed E-state index contributed by atoms with van der Waals surface area (Å²) in [6.45, 7) is 2.29. The molecule has 0 unspecified atom stereocenters. The van der Waals surface area contributed by atoms with Gasteiger partial charge in [0, 0.05) is 32.2 Å². The zero-order valence-electron chi connectivity index (χ0n) is 13.0. The van der Waals surface area contributed by atoms with E-state index in [1.807, 2.05) is 0 Å². The minimum atomic E-state index is -3.92. The molecule has 1 aromatic carbocycles. The van der Waals surface area contributed by atoms with Crippen LogP contribution in [0.3, 0.4) is 0 Å². The van der Waals surface area contributed by atoms with Gasteiger partial charge in [0.1, 0.15) is 10.7 Å². The minimum Gasteiger partial charge on any atom is -0.351 e. The number of piperazine rings is 1. The fourth-order valence-electron chi connectivity index (χ4n) is 2.54. The Balaban J connectivity index is 1.71. The molecule has 1 aliphatic heterocycles. The van der Waals surface area contributed by atoms with Gasteiger partial charge in [-0.15, -0.1) is 0 Å². The quantitative estimate of drug-likeness (QED) is 0.830. The van der Waals surface area contributed by atoms with Crippen LogP contribution in [0.15, 0.2) is 39.8 Å². The van der Waals surface area contributed by atoms with E-state index in [1.165, 1.54) is 33.5 Å². The Morgan fingerprint density at radius 3 is 2.46 bits per heavy atom. The SMILES string of the molecule is Cc1cc(C(=O)N2CCN(S(=O)(=O)c3ccccc3F)CC2)on1. The van der Waals surface area contributed by atoms with Crippen molar-refractivity contribution in [2.45, 2.75) is 11.8 Å². The number of rotatable bonds is 3. The molecule has 0 spiro atoms. The van der Waals surface area contributed by atoms with Crippen molar-refractivity contribution in [1.29, 1.82) is 0 Å². The molecule has 1 amide bonds. The van der Waals surface area contributed by atoms with Crippen LogP contribution in [-0.2, 0) is 10.0 Å². The van der Waals surface area contributed by atoms with Gasteiger partial charge in [0.25, 0.3) is 5.91 Å². The number of aromatic nitrogens is 1. The zero-order valence-corrected chi connectivity index (χ0v) is 13.8. The van der Waals surface area contributed by atoms with Gasteiger partial charge in [-0.3, -0.25) is 4.79 Å². The molecule has 7 nitrogen and oxygen atoms in total. The van der Waals surface area contributed by atoms with Crippen LogP contribution in [0.25, 0.3) is 0 Å². The minimum absolute atomic E-state index is 0.0928. The summed E-state index contributed by atoms with van der Waals surface area (Å²) in [6.07, 6.45) is 0. The van der Waals surface area contributed by atoms with Gasteiger partial charge in [-0.05, 0) is 19.1 Å². The fraction of sp³-hybridized carbons (Fsp3) is 0.333. The van der Waals surface area contributed by atoms with E-state index in [2.05, 4.69) is 5.16 Å². The Morgan fingerprint density at radius 2 is 1.88 bits per heavy atom. The number of amides is 1. The largest absolute Gasteiger partial charge is 0.351 e. The summed E-state index contributed by atoms with van der Waals surface area (Å²) >= 11 is 0. The first-order valence-electron chi connectivity index (χ1n) is 7.37. The number of sulfonamides is 1. The summed E-state index contributed by atoms with van der Waals surface area (Å²) in [5.74, 6) is -0.996. The average Bonchev–Trinajstić information content (AvgIpc) is 3.01. The molecule has 2 heterocycles. The molecule has 0 radical (unpaired) electrons. The van der Waals surface area contributed by atoms with Crippen LogP contribution in [-0.4, -0.2) is 54.9 Å². The summed E-state index contributed by atoms with van der Waals surface area (Å²) in [4.78, 5) is 13.4. The van der Waals surface area contributed by atoms with Crippen molar-refractivity contribution in [1.82, 2.24) is 14.4 Å². The summed E-state index contributed by atoms with van der Waals surface area (Å²) in [7, 11) is -3.92. The van der Waals surface area contributed by atoms with Crippen LogP contribution < -0.4 is 0 Å². The maximum Gasteiger partial charge on any atom is 0.292 e. The lowest BCUT2D eigenvalue weighted by molar-refractivity contribution is 0.0656. The fourth-order valence-corrected chi connectivity index (χ4v) is 4.03. The first-order chi connectivity index (χ1) is 11.4. The summed E-state index contributed by atoms with van der Waals surface area (Å²) in [5.41, 5.74) is 0.596. The van der Waals surface area contributed by atoms with Crippen molar-refractivity contribution >= 4 is 15.9 Å². The molecule has 1 fully saturated rings. The number of hydrogen-bond donors (Lipinski definition) is 0. The highest BCUT2D eigenvalue weighted by Gasteiger charge is 2.32. The lowest BCUT2D eigenvalue weighted by Gasteiger charge is -2.33. The molecule has 2 aromatic rings. The number of carbonyl (C=O) groups is 1. The third-order valence-electron chi connectivity index (χ3n) is 3.82. The van der Waals surface area contributed by atoms with E-state index >= 15 is 0 Å². The molecule has 0 bridgehead atoms. The highest BCUT2D eigenvalue weighted by atomic mass is 32.2. The number of halogens is 1. The molecule has 0 N–H and O–H groups in total. The maximum atomic E-state index is 13.8.